The van der Waals surface area contributed by atoms with E-state index in [0.29, 0.717) is 15.5 Å². The zero-order valence-corrected chi connectivity index (χ0v) is 10.2. The monoisotopic (exact) mass is 274 g/mol. The molecule has 0 bridgehead atoms. The van der Waals surface area contributed by atoms with Gasteiger partial charge in [0, 0.05) is 12.5 Å². The molecule has 0 radical (unpaired) electrons. The molecular formula is C12H9ClF2OS. The second kappa shape index (κ2) is 5.12. The number of thiophene rings is 1. The fourth-order valence-electron chi connectivity index (χ4n) is 1.59. The molecule has 0 saturated heterocycles. The lowest BCUT2D eigenvalue weighted by Crippen LogP contribution is -2.01. The van der Waals surface area contributed by atoms with Crippen LogP contribution in [0.25, 0.3) is 0 Å². The molecule has 1 N–H and O–H groups in total. The van der Waals surface area contributed by atoms with E-state index in [4.69, 9.17) is 11.6 Å². The lowest BCUT2D eigenvalue weighted by atomic mass is 10.1. The molecule has 2 rings (SSSR count). The van der Waals surface area contributed by atoms with Gasteiger partial charge in [0.2, 0.25) is 0 Å². The number of halogens is 3. The summed E-state index contributed by atoms with van der Waals surface area (Å²) in [6.07, 6.45) is -0.710. The van der Waals surface area contributed by atoms with Crippen molar-refractivity contribution in [2.45, 2.75) is 12.5 Å². The number of hydrogen-bond acceptors (Lipinski definition) is 2. The van der Waals surface area contributed by atoms with Gasteiger partial charge in [-0.3, -0.25) is 0 Å². The number of hydrogen-bond donors (Lipinski definition) is 1. The molecule has 0 aliphatic carbocycles. The van der Waals surface area contributed by atoms with Gasteiger partial charge in [-0.1, -0.05) is 11.6 Å². The van der Waals surface area contributed by atoms with Crippen molar-refractivity contribution in [1.29, 1.82) is 0 Å². The highest BCUT2D eigenvalue weighted by Crippen LogP contribution is 2.30. The molecule has 0 amide bonds. The van der Waals surface area contributed by atoms with E-state index in [9.17, 15) is 13.9 Å². The van der Waals surface area contributed by atoms with Gasteiger partial charge in [0.15, 0.2) is 0 Å². The maximum atomic E-state index is 13.0. The highest BCUT2D eigenvalue weighted by molar-refractivity contribution is 7.10. The molecule has 0 fully saturated rings. The first-order valence-corrected chi connectivity index (χ1v) is 6.18. The van der Waals surface area contributed by atoms with Crippen molar-refractivity contribution in [2.75, 3.05) is 0 Å². The van der Waals surface area contributed by atoms with Crippen LogP contribution in [-0.2, 0) is 6.42 Å². The molecule has 1 aromatic carbocycles. The van der Waals surface area contributed by atoms with Gasteiger partial charge in [0.1, 0.15) is 11.6 Å². The van der Waals surface area contributed by atoms with Gasteiger partial charge in [-0.15, -0.1) is 11.3 Å². The number of aliphatic hydroxyl groups excluding tert-OH is 1. The standard InChI is InChI=1S/C12H9ClF2OS/c13-10-1-2-17-12(10)11(16)5-7-3-8(14)6-9(15)4-7/h1-4,6,11,16H,5H2. The van der Waals surface area contributed by atoms with Crippen molar-refractivity contribution >= 4 is 22.9 Å². The lowest BCUT2D eigenvalue weighted by molar-refractivity contribution is 0.182. The Morgan fingerprint density at radius 3 is 2.41 bits per heavy atom. The van der Waals surface area contributed by atoms with E-state index in [1.807, 2.05) is 0 Å². The summed E-state index contributed by atoms with van der Waals surface area (Å²) in [7, 11) is 0. The molecule has 0 saturated carbocycles. The molecule has 1 nitrogen and oxygen atoms in total. The minimum atomic E-state index is -0.844. The van der Waals surface area contributed by atoms with Crippen molar-refractivity contribution in [1.82, 2.24) is 0 Å². The van der Waals surface area contributed by atoms with Gasteiger partial charge < -0.3 is 5.11 Å². The minimum Gasteiger partial charge on any atom is -0.387 e. The second-order valence-corrected chi connectivity index (χ2v) is 4.99. The van der Waals surface area contributed by atoms with E-state index in [1.54, 1.807) is 11.4 Å². The van der Waals surface area contributed by atoms with Gasteiger partial charge in [-0.25, -0.2) is 8.78 Å². The summed E-state index contributed by atoms with van der Waals surface area (Å²) >= 11 is 7.18. The third-order valence-electron chi connectivity index (χ3n) is 2.30. The van der Waals surface area contributed by atoms with Crippen molar-refractivity contribution in [3.05, 3.63) is 56.7 Å². The minimum absolute atomic E-state index is 0.134. The van der Waals surface area contributed by atoms with E-state index in [2.05, 4.69) is 0 Å². The summed E-state index contributed by atoms with van der Waals surface area (Å²) in [5.74, 6) is -1.30. The first-order chi connectivity index (χ1) is 8.06. The molecule has 1 aromatic heterocycles. The molecule has 0 spiro atoms. The fourth-order valence-corrected chi connectivity index (χ4v) is 2.76. The Bertz CT molecular complexity index is 507. The predicted molar refractivity (Wildman–Crippen MR) is 64.4 cm³/mol. The van der Waals surface area contributed by atoms with E-state index >= 15 is 0 Å². The van der Waals surface area contributed by atoms with Gasteiger partial charge >= 0.3 is 0 Å². The summed E-state index contributed by atoms with van der Waals surface area (Å²) in [6.45, 7) is 0. The van der Waals surface area contributed by atoms with Gasteiger partial charge in [-0.2, -0.15) is 0 Å². The van der Waals surface area contributed by atoms with Gasteiger partial charge in [-0.05, 0) is 29.1 Å². The Hall–Kier alpha value is -0.970. The summed E-state index contributed by atoms with van der Waals surface area (Å²) in [4.78, 5) is 0.608. The third-order valence-corrected chi connectivity index (χ3v) is 3.76. The van der Waals surface area contributed by atoms with Crippen molar-refractivity contribution in [3.63, 3.8) is 0 Å². The molecule has 17 heavy (non-hydrogen) atoms. The SMILES string of the molecule is OC(Cc1cc(F)cc(F)c1)c1sccc1Cl. The van der Waals surface area contributed by atoms with Gasteiger partial charge in [0.05, 0.1) is 16.0 Å². The van der Waals surface area contributed by atoms with Crippen LogP contribution < -0.4 is 0 Å². The summed E-state index contributed by atoms with van der Waals surface area (Å²) < 4.78 is 25.9. The van der Waals surface area contributed by atoms with Crippen LogP contribution in [0.15, 0.2) is 29.6 Å². The van der Waals surface area contributed by atoms with Crippen molar-refractivity contribution < 1.29 is 13.9 Å². The van der Waals surface area contributed by atoms with Crippen molar-refractivity contribution in [2.24, 2.45) is 0 Å². The Kier molecular flexibility index (Phi) is 3.76. The molecule has 1 unspecified atom stereocenters. The Morgan fingerprint density at radius 2 is 1.88 bits per heavy atom. The Morgan fingerprint density at radius 1 is 1.24 bits per heavy atom. The first-order valence-electron chi connectivity index (χ1n) is 4.92. The quantitative estimate of drug-likeness (QED) is 0.898. The summed E-state index contributed by atoms with van der Waals surface area (Å²) in [6, 6.07) is 4.88. The molecule has 1 atom stereocenters. The van der Waals surface area contributed by atoms with Crippen LogP contribution in [-0.4, -0.2) is 5.11 Å². The number of benzene rings is 1. The topological polar surface area (TPSA) is 20.2 Å². The highest BCUT2D eigenvalue weighted by atomic mass is 35.5. The van der Waals surface area contributed by atoms with Crippen molar-refractivity contribution in [3.8, 4) is 0 Å². The number of aliphatic hydroxyl groups is 1. The fraction of sp³-hybridized carbons (Fsp3) is 0.167. The average molecular weight is 275 g/mol. The highest BCUT2D eigenvalue weighted by Gasteiger charge is 2.14. The molecule has 5 heteroatoms. The summed E-state index contributed by atoms with van der Waals surface area (Å²) in [5, 5.41) is 12.1. The van der Waals surface area contributed by atoms with Gasteiger partial charge in [0.25, 0.3) is 0 Å². The Labute approximate surface area is 106 Å². The predicted octanol–water partition coefficient (Wildman–Crippen LogP) is 3.96. The normalized spacial score (nSPS) is 12.7. The lowest BCUT2D eigenvalue weighted by Gasteiger charge is -2.09. The van der Waals surface area contributed by atoms with Crippen LogP contribution in [0.4, 0.5) is 8.78 Å². The molecule has 2 aromatic rings. The zero-order valence-electron chi connectivity index (χ0n) is 8.66. The first kappa shape index (κ1) is 12.5. The van der Waals surface area contributed by atoms with E-state index in [1.165, 1.54) is 23.5 Å². The molecule has 0 aliphatic heterocycles. The van der Waals surface area contributed by atoms with Crippen LogP contribution in [0.3, 0.4) is 0 Å². The Balaban J connectivity index is 2.18. The second-order valence-electron chi connectivity index (χ2n) is 3.63. The zero-order chi connectivity index (χ0) is 12.4. The smallest absolute Gasteiger partial charge is 0.126 e. The molecule has 0 aliphatic rings. The largest absolute Gasteiger partial charge is 0.387 e. The van der Waals surface area contributed by atoms with Crippen LogP contribution in [0.5, 0.6) is 0 Å². The third kappa shape index (κ3) is 3.03. The van der Waals surface area contributed by atoms with Crippen LogP contribution in [0, 0.1) is 11.6 Å². The van der Waals surface area contributed by atoms with E-state index < -0.39 is 17.7 Å². The molecular weight excluding hydrogens is 266 g/mol. The maximum Gasteiger partial charge on any atom is 0.126 e. The van der Waals surface area contributed by atoms with E-state index in [0.717, 1.165) is 6.07 Å². The van der Waals surface area contributed by atoms with E-state index in [-0.39, 0.29) is 6.42 Å². The average Bonchev–Trinajstić information content (AvgIpc) is 2.62. The van der Waals surface area contributed by atoms with Crippen LogP contribution in [0.1, 0.15) is 16.5 Å². The maximum absolute atomic E-state index is 13.0. The molecule has 1 heterocycles. The van der Waals surface area contributed by atoms with Crippen LogP contribution in [0.2, 0.25) is 5.02 Å². The molecule has 90 valence electrons. The number of rotatable bonds is 3. The summed E-state index contributed by atoms with van der Waals surface area (Å²) in [5.41, 5.74) is 0.402. The van der Waals surface area contributed by atoms with Crippen LogP contribution >= 0.6 is 22.9 Å².